The van der Waals surface area contributed by atoms with E-state index < -0.39 is 11.6 Å². The molecule has 146 valence electrons. The molecule has 2 heterocycles. The van der Waals surface area contributed by atoms with Gasteiger partial charge in [-0.2, -0.15) is 0 Å². The Labute approximate surface area is 171 Å². The van der Waals surface area contributed by atoms with Gasteiger partial charge in [-0.05, 0) is 18.9 Å². The molecule has 1 saturated carbocycles. The lowest BCUT2D eigenvalue weighted by Crippen LogP contribution is -2.44. The summed E-state index contributed by atoms with van der Waals surface area (Å²) in [6.07, 6.45) is 3.22. The van der Waals surface area contributed by atoms with Crippen LogP contribution >= 0.6 is 22.9 Å². The molecule has 2 fully saturated rings. The first-order valence-corrected chi connectivity index (χ1v) is 10.4. The largest absolute Gasteiger partial charge is 0.325 e. The van der Waals surface area contributed by atoms with Crippen LogP contribution in [-0.4, -0.2) is 39.8 Å². The average molecular weight is 419 g/mol. The Morgan fingerprint density at radius 3 is 2.79 bits per heavy atom. The van der Waals surface area contributed by atoms with Crippen molar-refractivity contribution in [3.63, 3.8) is 0 Å². The van der Waals surface area contributed by atoms with Gasteiger partial charge >= 0.3 is 6.03 Å². The number of anilines is 1. The number of hydrogen-bond acceptors (Lipinski definition) is 5. The quantitative estimate of drug-likeness (QED) is 0.725. The normalized spacial score (nSPS) is 18.0. The molecule has 1 aromatic carbocycles. The van der Waals surface area contributed by atoms with E-state index in [0.29, 0.717) is 28.7 Å². The van der Waals surface area contributed by atoms with Crippen LogP contribution in [0.1, 0.15) is 32.1 Å². The lowest BCUT2D eigenvalue weighted by atomic mass is 9.98. The zero-order chi connectivity index (χ0) is 19.7. The standard InChI is InChI=1S/C19H19ClN4O3S/c20-13-6-2-1-5-12(13)14-11-28-17(21-14)22-15(25)7-10-24-16(26)19(23-18(24)27)8-3-4-9-19/h1-2,5-6,11H,3-4,7-10H2,(H,23,27)(H,21,22,25). The fourth-order valence-electron chi connectivity index (χ4n) is 3.72. The number of thiazole rings is 1. The summed E-state index contributed by atoms with van der Waals surface area (Å²) in [6, 6.07) is 6.94. The van der Waals surface area contributed by atoms with Gasteiger partial charge < -0.3 is 10.6 Å². The van der Waals surface area contributed by atoms with Gasteiger partial charge in [-0.3, -0.25) is 14.5 Å². The minimum atomic E-state index is -0.743. The topological polar surface area (TPSA) is 91.4 Å². The maximum absolute atomic E-state index is 12.6. The first-order valence-electron chi connectivity index (χ1n) is 9.13. The van der Waals surface area contributed by atoms with E-state index in [2.05, 4.69) is 15.6 Å². The number of urea groups is 1. The van der Waals surface area contributed by atoms with E-state index in [4.69, 9.17) is 11.6 Å². The third kappa shape index (κ3) is 3.49. The van der Waals surface area contributed by atoms with E-state index in [9.17, 15) is 14.4 Å². The minimum Gasteiger partial charge on any atom is -0.323 e. The molecule has 4 rings (SSSR count). The molecule has 0 bridgehead atoms. The van der Waals surface area contributed by atoms with Gasteiger partial charge in [-0.1, -0.05) is 42.6 Å². The van der Waals surface area contributed by atoms with E-state index in [1.54, 1.807) is 6.07 Å². The number of hydrogen-bond donors (Lipinski definition) is 2. The van der Waals surface area contributed by atoms with E-state index in [1.807, 2.05) is 23.6 Å². The number of nitrogens with zero attached hydrogens (tertiary/aromatic N) is 2. The summed E-state index contributed by atoms with van der Waals surface area (Å²) >= 11 is 7.47. The molecule has 28 heavy (non-hydrogen) atoms. The van der Waals surface area contributed by atoms with Crippen LogP contribution in [0.3, 0.4) is 0 Å². The van der Waals surface area contributed by atoms with Crippen LogP contribution in [0.4, 0.5) is 9.93 Å². The smallest absolute Gasteiger partial charge is 0.323 e. The summed E-state index contributed by atoms with van der Waals surface area (Å²) < 4.78 is 0. The molecule has 7 nitrogen and oxygen atoms in total. The summed E-state index contributed by atoms with van der Waals surface area (Å²) in [5.74, 6) is -0.508. The van der Waals surface area contributed by atoms with E-state index in [-0.39, 0.29) is 24.8 Å². The minimum absolute atomic E-state index is 0.0241. The fourth-order valence-corrected chi connectivity index (χ4v) is 4.67. The highest BCUT2D eigenvalue weighted by Crippen LogP contribution is 2.35. The first-order chi connectivity index (χ1) is 13.5. The molecule has 4 amide bonds. The maximum atomic E-state index is 12.6. The van der Waals surface area contributed by atoms with Gasteiger partial charge in [0.25, 0.3) is 5.91 Å². The van der Waals surface area contributed by atoms with Gasteiger partial charge in [-0.25, -0.2) is 9.78 Å². The molecule has 0 unspecified atom stereocenters. The van der Waals surface area contributed by atoms with Gasteiger partial charge in [-0.15, -0.1) is 11.3 Å². The Morgan fingerprint density at radius 1 is 1.29 bits per heavy atom. The van der Waals surface area contributed by atoms with E-state index in [0.717, 1.165) is 23.3 Å². The number of carbonyl (C=O) groups is 3. The van der Waals surface area contributed by atoms with Crippen LogP contribution in [-0.2, 0) is 9.59 Å². The molecule has 1 saturated heterocycles. The number of imide groups is 1. The van der Waals surface area contributed by atoms with Crippen molar-refractivity contribution in [1.29, 1.82) is 0 Å². The van der Waals surface area contributed by atoms with E-state index >= 15 is 0 Å². The molecular weight excluding hydrogens is 400 g/mol. The molecule has 9 heteroatoms. The predicted octanol–water partition coefficient (Wildman–Crippen LogP) is 3.66. The Hall–Kier alpha value is -2.45. The summed E-state index contributed by atoms with van der Waals surface area (Å²) in [6.45, 7) is 0.0565. The molecule has 1 spiro atoms. The van der Waals surface area contributed by atoms with Gasteiger partial charge in [0.15, 0.2) is 5.13 Å². The SMILES string of the molecule is O=C(CCN1C(=O)NC2(CCCC2)C1=O)Nc1nc(-c2ccccc2Cl)cs1. The number of benzene rings is 1. The van der Waals surface area contributed by atoms with Crippen LogP contribution < -0.4 is 10.6 Å². The summed E-state index contributed by atoms with van der Waals surface area (Å²) in [7, 11) is 0. The van der Waals surface area contributed by atoms with Crippen LogP contribution in [0.15, 0.2) is 29.6 Å². The van der Waals surface area contributed by atoms with Crippen LogP contribution in [0.5, 0.6) is 0 Å². The molecule has 2 aliphatic rings. The molecule has 1 aliphatic carbocycles. The molecular formula is C19H19ClN4O3S. The second kappa shape index (κ2) is 7.52. The fraction of sp³-hybridized carbons (Fsp3) is 0.368. The third-order valence-electron chi connectivity index (χ3n) is 5.17. The number of rotatable bonds is 5. The zero-order valence-corrected chi connectivity index (χ0v) is 16.6. The van der Waals surface area contributed by atoms with Gasteiger partial charge in [0.2, 0.25) is 5.91 Å². The molecule has 0 atom stereocenters. The van der Waals surface area contributed by atoms with Gasteiger partial charge in [0.05, 0.1) is 5.69 Å². The monoisotopic (exact) mass is 418 g/mol. The number of nitrogens with one attached hydrogen (secondary N) is 2. The number of amides is 4. The Bertz CT molecular complexity index is 939. The van der Waals surface area contributed by atoms with Crippen LogP contribution in [0, 0.1) is 0 Å². The molecule has 1 aromatic heterocycles. The summed E-state index contributed by atoms with van der Waals surface area (Å²) in [4.78, 5) is 42.6. The van der Waals surface area contributed by atoms with Crippen molar-refractivity contribution in [2.24, 2.45) is 0 Å². The molecule has 2 aromatic rings. The second-order valence-corrected chi connectivity index (χ2v) is 8.26. The Morgan fingerprint density at radius 2 is 2.04 bits per heavy atom. The zero-order valence-electron chi connectivity index (χ0n) is 15.0. The van der Waals surface area contributed by atoms with Crippen LogP contribution in [0.2, 0.25) is 5.02 Å². The number of halogens is 1. The number of carbonyl (C=O) groups excluding carboxylic acids is 3. The first kappa shape index (κ1) is 18.9. The van der Waals surface area contributed by atoms with Crippen molar-refractivity contribution in [2.75, 3.05) is 11.9 Å². The van der Waals surface area contributed by atoms with Crippen molar-refractivity contribution in [3.05, 3.63) is 34.7 Å². The van der Waals surface area contributed by atoms with Crippen molar-refractivity contribution in [2.45, 2.75) is 37.6 Å². The van der Waals surface area contributed by atoms with Crippen molar-refractivity contribution >= 4 is 45.9 Å². The van der Waals surface area contributed by atoms with Crippen molar-refractivity contribution in [3.8, 4) is 11.3 Å². The van der Waals surface area contributed by atoms with Gasteiger partial charge in [0.1, 0.15) is 5.54 Å². The lowest BCUT2D eigenvalue weighted by molar-refractivity contribution is -0.131. The highest BCUT2D eigenvalue weighted by molar-refractivity contribution is 7.14. The summed E-state index contributed by atoms with van der Waals surface area (Å²) in [5.41, 5.74) is 0.734. The van der Waals surface area contributed by atoms with E-state index in [1.165, 1.54) is 11.3 Å². The van der Waals surface area contributed by atoms with Crippen LogP contribution in [0.25, 0.3) is 11.3 Å². The highest BCUT2D eigenvalue weighted by atomic mass is 35.5. The molecule has 1 aliphatic heterocycles. The Kier molecular flexibility index (Phi) is 5.07. The average Bonchev–Trinajstić information content (AvgIpc) is 3.37. The maximum Gasteiger partial charge on any atom is 0.325 e. The third-order valence-corrected chi connectivity index (χ3v) is 6.25. The molecule has 2 N–H and O–H groups in total. The predicted molar refractivity (Wildman–Crippen MR) is 107 cm³/mol. The lowest BCUT2D eigenvalue weighted by Gasteiger charge is -2.19. The highest BCUT2D eigenvalue weighted by Gasteiger charge is 2.52. The van der Waals surface area contributed by atoms with Crippen molar-refractivity contribution in [1.82, 2.24) is 15.2 Å². The molecule has 0 radical (unpaired) electrons. The summed E-state index contributed by atoms with van der Waals surface area (Å²) in [5, 5.41) is 8.39. The Balaban J connectivity index is 1.35. The van der Waals surface area contributed by atoms with Gasteiger partial charge in [0, 0.05) is 28.9 Å². The second-order valence-electron chi connectivity index (χ2n) is 6.99. The number of aromatic nitrogens is 1. The van der Waals surface area contributed by atoms with Crippen molar-refractivity contribution < 1.29 is 14.4 Å².